The summed E-state index contributed by atoms with van der Waals surface area (Å²) in [7, 11) is 0. The van der Waals surface area contributed by atoms with Crippen LogP contribution in [-0.4, -0.2) is 39.2 Å². The number of rotatable bonds is 8. The Morgan fingerprint density at radius 2 is 1.35 bits per heavy atom. The molecule has 37 heavy (non-hydrogen) atoms. The number of carboxylic acids is 2. The molecule has 3 rings (SSSR count). The lowest BCUT2D eigenvalue weighted by atomic mass is 10.1. The number of anilines is 2. The fraction of sp³-hybridized carbons (Fsp3) is 0.0833. The molecule has 0 aliphatic rings. The first-order valence-electron chi connectivity index (χ1n) is 10.2. The number of carbonyl (C=O) groups is 4. The molecule has 0 fully saturated rings. The number of hydrogen-bond acceptors (Lipinski definition) is 5. The van der Waals surface area contributed by atoms with Crippen molar-refractivity contribution in [2.24, 2.45) is 0 Å². The molecule has 2 amide bonds. The summed E-state index contributed by atoms with van der Waals surface area (Å²) in [5, 5.41) is 21.9. The average Bonchev–Trinajstić information content (AvgIpc) is 2.84. The molecule has 0 aromatic heterocycles. The molecular formula is C24H16Cl4N2O6S. The summed E-state index contributed by atoms with van der Waals surface area (Å²) in [6.45, 7) is 1.67. The van der Waals surface area contributed by atoms with Crippen LogP contribution in [-0.2, 0) is 4.79 Å². The molecule has 4 N–H and O–H groups in total. The van der Waals surface area contributed by atoms with E-state index in [0.29, 0.717) is 16.3 Å². The highest BCUT2D eigenvalue weighted by Crippen LogP contribution is 2.42. The fourth-order valence-electron chi connectivity index (χ4n) is 3.08. The van der Waals surface area contributed by atoms with Crippen LogP contribution < -0.4 is 10.6 Å². The predicted octanol–water partition coefficient (Wildman–Crippen LogP) is 7.07. The predicted molar refractivity (Wildman–Crippen MR) is 145 cm³/mol. The van der Waals surface area contributed by atoms with E-state index >= 15 is 0 Å². The van der Waals surface area contributed by atoms with Gasteiger partial charge < -0.3 is 20.8 Å². The lowest BCUT2D eigenvalue weighted by molar-refractivity contribution is -0.115. The van der Waals surface area contributed by atoms with Crippen molar-refractivity contribution < 1.29 is 29.4 Å². The summed E-state index contributed by atoms with van der Waals surface area (Å²) in [6, 6.07) is 12.2. The number of aromatic carboxylic acids is 2. The van der Waals surface area contributed by atoms with Gasteiger partial charge in [-0.15, -0.1) is 11.8 Å². The molecule has 0 bridgehead atoms. The average molecular weight is 602 g/mol. The van der Waals surface area contributed by atoms with Gasteiger partial charge in [0.1, 0.15) is 0 Å². The van der Waals surface area contributed by atoms with Crippen molar-refractivity contribution in [1.82, 2.24) is 0 Å². The lowest BCUT2D eigenvalue weighted by Crippen LogP contribution is -2.22. The maximum atomic E-state index is 13.0. The van der Waals surface area contributed by atoms with Crippen molar-refractivity contribution >= 4 is 93.3 Å². The minimum absolute atomic E-state index is 0.0965. The Morgan fingerprint density at radius 1 is 0.757 bits per heavy atom. The van der Waals surface area contributed by atoms with E-state index in [1.165, 1.54) is 36.0 Å². The van der Waals surface area contributed by atoms with Crippen LogP contribution in [0.25, 0.3) is 0 Å². The number of benzene rings is 3. The molecule has 0 heterocycles. The molecule has 192 valence electrons. The second-order valence-electron chi connectivity index (χ2n) is 7.42. The minimum Gasteiger partial charge on any atom is -0.478 e. The van der Waals surface area contributed by atoms with E-state index < -0.39 is 39.2 Å². The van der Waals surface area contributed by atoms with Gasteiger partial charge in [-0.25, -0.2) is 9.59 Å². The van der Waals surface area contributed by atoms with Crippen LogP contribution in [0, 0.1) is 0 Å². The smallest absolute Gasteiger partial charge is 0.338 e. The fourth-order valence-corrected chi connectivity index (χ4v) is 5.03. The second kappa shape index (κ2) is 12.1. The molecular weight excluding hydrogens is 586 g/mol. The molecule has 0 saturated heterocycles. The number of carbonyl (C=O) groups excluding carboxylic acids is 2. The summed E-state index contributed by atoms with van der Waals surface area (Å²) in [5.74, 6) is -3.79. The van der Waals surface area contributed by atoms with Gasteiger partial charge in [-0.05, 0) is 49.4 Å². The van der Waals surface area contributed by atoms with Gasteiger partial charge in [-0.2, -0.15) is 0 Å². The molecule has 13 heteroatoms. The molecule has 8 nitrogen and oxygen atoms in total. The third kappa shape index (κ3) is 6.68. The highest BCUT2D eigenvalue weighted by molar-refractivity contribution is 8.00. The number of amides is 2. The molecule has 0 saturated carbocycles. The van der Waals surface area contributed by atoms with Gasteiger partial charge in [0.05, 0.1) is 42.0 Å². The molecule has 0 radical (unpaired) electrons. The van der Waals surface area contributed by atoms with Gasteiger partial charge in [-0.3, -0.25) is 9.59 Å². The van der Waals surface area contributed by atoms with Crippen LogP contribution in [0.4, 0.5) is 11.4 Å². The first kappa shape index (κ1) is 28.6. The monoisotopic (exact) mass is 600 g/mol. The molecule has 1 atom stereocenters. The highest BCUT2D eigenvalue weighted by atomic mass is 35.5. The van der Waals surface area contributed by atoms with Crippen LogP contribution in [0.15, 0.2) is 53.4 Å². The largest absolute Gasteiger partial charge is 0.478 e. The Labute approximate surface area is 234 Å². The number of thioether (sulfide) groups is 1. The Balaban J connectivity index is 1.75. The van der Waals surface area contributed by atoms with Crippen LogP contribution in [0.3, 0.4) is 0 Å². The first-order valence-corrected chi connectivity index (χ1v) is 12.6. The lowest BCUT2D eigenvalue weighted by Gasteiger charge is -2.15. The van der Waals surface area contributed by atoms with Crippen molar-refractivity contribution in [2.45, 2.75) is 17.1 Å². The Bertz CT molecular complexity index is 1420. The molecule has 0 aliphatic carbocycles. The van der Waals surface area contributed by atoms with Crippen LogP contribution in [0.1, 0.15) is 38.0 Å². The van der Waals surface area contributed by atoms with Crippen molar-refractivity contribution in [2.75, 3.05) is 10.6 Å². The summed E-state index contributed by atoms with van der Waals surface area (Å²) in [5.41, 5.74) is -0.213. The molecule has 0 spiro atoms. The van der Waals surface area contributed by atoms with E-state index in [-0.39, 0.29) is 26.5 Å². The van der Waals surface area contributed by atoms with Crippen molar-refractivity contribution in [3.05, 3.63) is 85.3 Å². The topological polar surface area (TPSA) is 133 Å². The van der Waals surface area contributed by atoms with Crippen LogP contribution in [0.5, 0.6) is 0 Å². The van der Waals surface area contributed by atoms with Crippen LogP contribution in [0.2, 0.25) is 20.1 Å². The minimum atomic E-state index is -1.52. The van der Waals surface area contributed by atoms with Gasteiger partial charge in [0.15, 0.2) is 0 Å². The van der Waals surface area contributed by atoms with Crippen molar-refractivity contribution in [3.63, 3.8) is 0 Å². The SMILES string of the molecule is CC(Sc1cccc(NC(=O)c2c(Cl)c(Cl)c(Cl)c(Cl)c2C(=O)O)c1)C(=O)Nc1ccc(C(=O)O)cc1. The van der Waals surface area contributed by atoms with E-state index in [2.05, 4.69) is 10.6 Å². The zero-order chi connectivity index (χ0) is 27.4. The van der Waals surface area contributed by atoms with E-state index in [9.17, 15) is 24.3 Å². The summed E-state index contributed by atoms with van der Waals surface area (Å²) in [6.07, 6.45) is 0. The standard InChI is InChI=1S/C24H16Cl4N2O6S/c1-10(21(31)29-12-7-5-11(6-8-12)23(33)34)37-14-4-2-3-13(9-14)30-22(32)15-16(24(35)36)18(26)20(28)19(27)17(15)25/h2-10H,1H3,(H,29,31)(H,30,32)(H,33,34)(H,35,36). The Morgan fingerprint density at radius 3 is 1.92 bits per heavy atom. The molecule has 1 unspecified atom stereocenters. The number of carboxylic acid groups (broad SMARTS) is 2. The van der Waals surface area contributed by atoms with Crippen LogP contribution >= 0.6 is 58.2 Å². The molecule has 0 aliphatic heterocycles. The molecule has 3 aromatic carbocycles. The van der Waals surface area contributed by atoms with Gasteiger partial charge in [0.2, 0.25) is 5.91 Å². The number of hydrogen-bond donors (Lipinski definition) is 4. The maximum Gasteiger partial charge on any atom is 0.338 e. The van der Waals surface area contributed by atoms with E-state index in [1.54, 1.807) is 31.2 Å². The van der Waals surface area contributed by atoms with Gasteiger partial charge in [-0.1, -0.05) is 52.5 Å². The number of nitrogens with one attached hydrogen (secondary N) is 2. The highest BCUT2D eigenvalue weighted by Gasteiger charge is 2.29. The van der Waals surface area contributed by atoms with Gasteiger partial charge >= 0.3 is 11.9 Å². The zero-order valence-corrected chi connectivity index (χ0v) is 22.5. The summed E-state index contributed by atoms with van der Waals surface area (Å²) >= 11 is 25.3. The third-order valence-electron chi connectivity index (χ3n) is 4.88. The van der Waals surface area contributed by atoms with E-state index in [4.69, 9.17) is 51.5 Å². The van der Waals surface area contributed by atoms with Gasteiger partial charge in [0, 0.05) is 16.3 Å². The van der Waals surface area contributed by atoms with Crippen molar-refractivity contribution in [1.29, 1.82) is 0 Å². The van der Waals surface area contributed by atoms with E-state index in [1.807, 2.05) is 0 Å². The Hall–Kier alpha value is -2.95. The second-order valence-corrected chi connectivity index (χ2v) is 10.4. The van der Waals surface area contributed by atoms with E-state index in [0.717, 1.165) is 0 Å². The van der Waals surface area contributed by atoms with Crippen molar-refractivity contribution in [3.8, 4) is 0 Å². The Kier molecular flexibility index (Phi) is 9.33. The summed E-state index contributed by atoms with van der Waals surface area (Å²) < 4.78 is 0. The normalized spacial score (nSPS) is 11.5. The maximum absolute atomic E-state index is 13.0. The first-order chi connectivity index (χ1) is 17.4. The zero-order valence-electron chi connectivity index (χ0n) is 18.6. The van der Waals surface area contributed by atoms with Gasteiger partial charge in [0.25, 0.3) is 5.91 Å². The summed E-state index contributed by atoms with van der Waals surface area (Å²) in [4.78, 5) is 48.9. The number of halogens is 4. The quantitative estimate of drug-likeness (QED) is 0.123. The third-order valence-corrected chi connectivity index (χ3v) is 7.78. The molecule has 3 aromatic rings.